The molecule has 0 aromatic heterocycles. The Balaban J connectivity index is 1.79. The summed E-state index contributed by atoms with van der Waals surface area (Å²) >= 11 is 5.99. The van der Waals surface area contributed by atoms with Gasteiger partial charge in [0.05, 0.1) is 23.7 Å². The standard InChI is InChI=1S/C20H18ClFN2O4/c1-11-17(19(25)27-2)18(24-20(26)23-11)12-6-8-13(9-7-12)28-10-14-15(21)4-3-5-16(14)22/h3-9,18H,10H2,1-2H3,(H2,23,24,26). The first-order chi connectivity index (χ1) is 13.4. The molecule has 0 radical (unpaired) electrons. The van der Waals surface area contributed by atoms with E-state index in [0.29, 0.717) is 22.6 Å². The number of urea groups is 1. The number of halogens is 2. The first kappa shape index (κ1) is 19.7. The highest BCUT2D eigenvalue weighted by Crippen LogP contribution is 2.29. The van der Waals surface area contributed by atoms with Gasteiger partial charge in [0.1, 0.15) is 18.2 Å². The Morgan fingerprint density at radius 1 is 1.21 bits per heavy atom. The monoisotopic (exact) mass is 404 g/mol. The molecule has 2 aromatic carbocycles. The number of carbonyl (C=O) groups is 2. The molecule has 0 saturated heterocycles. The number of hydrogen-bond acceptors (Lipinski definition) is 4. The summed E-state index contributed by atoms with van der Waals surface area (Å²) in [6.45, 7) is 1.61. The molecule has 1 heterocycles. The first-order valence-electron chi connectivity index (χ1n) is 8.43. The van der Waals surface area contributed by atoms with Crippen LogP contribution in [-0.2, 0) is 16.1 Å². The van der Waals surface area contributed by atoms with Crippen LogP contribution in [0.15, 0.2) is 53.7 Å². The van der Waals surface area contributed by atoms with E-state index in [4.69, 9.17) is 21.1 Å². The third-order valence-corrected chi connectivity index (χ3v) is 4.69. The van der Waals surface area contributed by atoms with Crippen molar-refractivity contribution in [2.75, 3.05) is 7.11 Å². The van der Waals surface area contributed by atoms with Crippen LogP contribution in [0.2, 0.25) is 5.02 Å². The summed E-state index contributed by atoms with van der Waals surface area (Å²) in [5.74, 6) is -0.488. The molecule has 6 nitrogen and oxygen atoms in total. The number of rotatable bonds is 5. The molecular formula is C20H18ClFN2O4. The van der Waals surface area contributed by atoms with Crippen LogP contribution in [0.5, 0.6) is 5.75 Å². The van der Waals surface area contributed by atoms with Crippen LogP contribution in [0.25, 0.3) is 0 Å². The molecule has 0 saturated carbocycles. The second-order valence-corrected chi connectivity index (χ2v) is 6.53. The minimum absolute atomic E-state index is 0.0264. The molecule has 1 aliphatic rings. The highest BCUT2D eigenvalue weighted by molar-refractivity contribution is 6.31. The van der Waals surface area contributed by atoms with Crippen LogP contribution in [-0.4, -0.2) is 19.1 Å². The average Bonchev–Trinajstić information content (AvgIpc) is 2.67. The Bertz CT molecular complexity index is 923. The number of methoxy groups -OCH3 is 1. The summed E-state index contributed by atoms with van der Waals surface area (Å²) in [6.07, 6.45) is 0. The predicted molar refractivity (Wildman–Crippen MR) is 101 cm³/mol. The third-order valence-electron chi connectivity index (χ3n) is 4.33. The number of amides is 2. The van der Waals surface area contributed by atoms with Crippen molar-refractivity contribution >= 4 is 23.6 Å². The van der Waals surface area contributed by atoms with Crippen LogP contribution < -0.4 is 15.4 Å². The lowest BCUT2D eigenvalue weighted by molar-refractivity contribution is -0.136. The molecular weight excluding hydrogens is 387 g/mol. The number of benzene rings is 2. The topological polar surface area (TPSA) is 76.7 Å². The maximum absolute atomic E-state index is 13.8. The van der Waals surface area contributed by atoms with Crippen molar-refractivity contribution < 1.29 is 23.5 Å². The van der Waals surface area contributed by atoms with E-state index in [0.717, 1.165) is 0 Å². The summed E-state index contributed by atoms with van der Waals surface area (Å²) in [7, 11) is 1.28. The molecule has 2 aromatic rings. The zero-order chi connectivity index (χ0) is 20.3. The van der Waals surface area contributed by atoms with Crippen molar-refractivity contribution in [3.63, 3.8) is 0 Å². The van der Waals surface area contributed by atoms with Crippen molar-refractivity contribution in [1.29, 1.82) is 0 Å². The largest absolute Gasteiger partial charge is 0.489 e. The third kappa shape index (κ3) is 4.09. The van der Waals surface area contributed by atoms with Gasteiger partial charge in [0, 0.05) is 11.3 Å². The maximum atomic E-state index is 13.8. The van der Waals surface area contributed by atoms with E-state index in [1.165, 1.54) is 19.2 Å². The van der Waals surface area contributed by atoms with Crippen molar-refractivity contribution in [3.05, 3.63) is 75.7 Å². The molecule has 3 rings (SSSR count). The van der Waals surface area contributed by atoms with Crippen LogP contribution in [0.1, 0.15) is 24.1 Å². The van der Waals surface area contributed by atoms with Gasteiger partial charge in [-0.15, -0.1) is 0 Å². The lowest BCUT2D eigenvalue weighted by atomic mass is 9.95. The molecule has 1 unspecified atom stereocenters. The minimum atomic E-state index is -0.656. The number of hydrogen-bond donors (Lipinski definition) is 2. The summed E-state index contributed by atoms with van der Waals surface area (Å²) in [4.78, 5) is 23.9. The lowest BCUT2D eigenvalue weighted by Crippen LogP contribution is -2.45. The molecule has 1 aliphatic heterocycles. The van der Waals surface area contributed by atoms with Gasteiger partial charge in [0.15, 0.2) is 0 Å². The van der Waals surface area contributed by atoms with Gasteiger partial charge >= 0.3 is 12.0 Å². The highest BCUT2D eigenvalue weighted by Gasteiger charge is 2.31. The molecule has 2 N–H and O–H groups in total. The highest BCUT2D eigenvalue weighted by atomic mass is 35.5. The zero-order valence-electron chi connectivity index (χ0n) is 15.2. The van der Waals surface area contributed by atoms with Gasteiger partial charge < -0.3 is 20.1 Å². The van der Waals surface area contributed by atoms with Gasteiger partial charge in [-0.25, -0.2) is 14.0 Å². The Morgan fingerprint density at radius 3 is 2.57 bits per heavy atom. The molecule has 0 bridgehead atoms. The van der Waals surface area contributed by atoms with Gasteiger partial charge in [-0.2, -0.15) is 0 Å². The number of allylic oxidation sites excluding steroid dienone is 1. The van der Waals surface area contributed by atoms with E-state index in [1.807, 2.05) is 0 Å². The predicted octanol–water partition coefficient (Wildman–Crippen LogP) is 3.86. The first-order valence-corrected chi connectivity index (χ1v) is 8.80. The van der Waals surface area contributed by atoms with Gasteiger partial charge in [0.25, 0.3) is 0 Å². The summed E-state index contributed by atoms with van der Waals surface area (Å²) in [5, 5.41) is 5.55. The molecule has 28 heavy (non-hydrogen) atoms. The smallest absolute Gasteiger partial charge is 0.337 e. The fourth-order valence-corrected chi connectivity index (χ4v) is 3.12. The van der Waals surface area contributed by atoms with Gasteiger partial charge in [-0.3, -0.25) is 0 Å². The van der Waals surface area contributed by atoms with Crippen molar-refractivity contribution in [1.82, 2.24) is 10.6 Å². The van der Waals surface area contributed by atoms with Crippen LogP contribution in [0.4, 0.5) is 9.18 Å². The maximum Gasteiger partial charge on any atom is 0.337 e. The number of carbonyl (C=O) groups excluding carboxylic acids is 2. The van der Waals surface area contributed by atoms with Gasteiger partial charge in [-0.05, 0) is 36.8 Å². The molecule has 8 heteroatoms. The minimum Gasteiger partial charge on any atom is -0.489 e. The number of ether oxygens (including phenoxy) is 2. The Labute approximate surface area is 166 Å². The molecule has 0 aliphatic carbocycles. The second-order valence-electron chi connectivity index (χ2n) is 6.12. The summed E-state index contributed by atoms with van der Waals surface area (Å²) in [5.41, 5.74) is 1.68. The van der Waals surface area contributed by atoms with E-state index in [-0.39, 0.29) is 17.2 Å². The molecule has 2 amide bonds. The van der Waals surface area contributed by atoms with E-state index < -0.39 is 23.9 Å². The van der Waals surface area contributed by atoms with E-state index in [9.17, 15) is 14.0 Å². The SMILES string of the molecule is COC(=O)C1=C(C)NC(=O)NC1c1ccc(OCc2c(F)cccc2Cl)cc1. The molecule has 1 atom stereocenters. The number of nitrogens with one attached hydrogen (secondary N) is 2. The number of esters is 1. The van der Waals surface area contributed by atoms with Crippen molar-refractivity contribution in [3.8, 4) is 5.75 Å². The summed E-state index contributed by atoms with van der Waals surface area (Å²) in [6, 6.07) is 10.1. The van der Waals surface area contributed by atoms with E-state index in [2.05, 4.69) is 10.6 Å². The summed E-state index contributed by atoms with van der Waals surface area (Å²) < 4.78 is 24.3. The van der Waals surface area contributed by atoms with Crippen LogP contribution in [0, 0.1) is 5.82 Å². The van der Waals surface area contributed by atoms with Crippen molar-refractivity contribution in [2.24, 2.45) is 0 Å². The van der Waals surface area contributed by atoms with E-state index in [1.54, 1.807) is 37.3 Å². The van der Waals surface area contributed by atoms with Crippen molar-refractivity contribution in [2.45, 2.75) is 19.6 Å². The van der Waals surface area contributed by atoms with Crippen LogP contribution >= 0.6 is 11.6 Å². The zero-order valence-corrected chi connectivity index (χ0v) is 16.0. The van der Waals surface area contributed by atoms with Gasteiger partial charge in [0.2, 0.25) is 0 Å². The second kappa shape index (κ2) is 8.31. The van der Waals surface area contributed by atoms with E-state index >= 15 is 0 Å². The fourth-order valence-electron chi connectivity index (χ4n) is 2.91. The Kier molecular flexibility index (Phi) is 5.84. The normalized spacial score (nSPS) is 16.3. The Hall–Kier alpha value is -3.06. The van der Waals surface area contributed by atoms with Crippen LogP contribution in [0.3, 0.4) is 0 Å². The molecule has 0 fully saturated rings. The fraction of sp³-hybridized carbons (Fsp3) is 0.200. The molecule has 146 valence electrons. The van der Waals surface area contributed by atoms with Gasteiger partial charge in [-0.1, -0.05) is 29.8 Å². The Morgan fingerprint density at radius 2 is 1.93 bits per heavy atom. The quantitative estimate of drug-likeness (QED) is 0.742. The lowest BCUT2D eigenvalue weighted by Gasteiger charge is -2.27. The average molecular weight is 405 g/mol. The molecule has 0 spiro atoms.